The summed E-state index contributed by atoms with van der Waals surface area (Å²) in [6.07, 6.45) is 1.69. The first-order valence-electron chi connectivity index (χ1n) is 8.94. The monoisotopic (exact) mass is 360 g/mol. The molecule has 1 saturated heterocycles. The van der Waals surface area contributed by atoms with Crippen LogP contribution in [0.15, 0.2) is 18.2 Å². The highest BCUT2D eigenvalue weighted by Gasteiger charge is 2.26. The quantitative estimate of drug-likeness (QED) is 0.603. The maximum absolute atomic E-state index is 11.9. The highest BCUT2D eigenvalue weighted by atomic mass is 35.5. The van der Waals surface area contributed by atoms with Gasteiger partial charge in [-0.15, -0.1) is 0 Å². The Morgan fingerprint density at radius 1 is 1.32 bits per heavy atom. The summed E-state index contributed by atoms with van der Waals surface area (Å²) >= 11 is 6.46. The number of aromatic nitrogens is 1. The summed E-state index contributed by atoms with van der Waals surface area (Å²) in [7, 11) is 0. The molecule has 1 aliphatic rings. The molecule has 3 rings (SSSR count). The van der Waals surface area contributed by atoms with Crippen molar-refractivity contribution in [1.82, 2.24) is 9.88 Å². The van der Waals surface area contributed by atoms with Crippen molar-refractivity contribution in [3.05, 3.63) is 40.0 Å². The summed E-state index contributed by atoms with van der Waals surface area (Å²) in [5.74, 6) is -0.0228. The van der Waals surface area contributed by atoms with E-state index in [0.717, 1.165) is 48.9 Å². The second-order valence-corrected chi connectivity index (χ2v) is 7.18. The Kier molecular flexibility index (Phi) is 5.60. The molecule has 0 N–H and O–H groups in total. The lowest BCUT2D eigenvalue weighted by Crippen LogP contribution is -2.36. The molecular weight excluding hydrogens is 336 g/mol. The maximum atomic E-state index is 11.9. The molecule has 4 nitrogen and oxygen atoms in total. The highest BCUT2D eigenvalue weighted by Crippen LogP contribution is 2.27. The van der Waals surface area contributed by atoms with Crippen LogP contribution in [0.2, 0.25) is 5.15 Å². The molecule has 0 saturated carbocycles. The van der Waals surface area contributed by atoms with Crippen molar-refractivity contribution in [1.29, 1.82) is 0 Å². The van der Waals surface area contributed by atoms with Gasteiger partial charge in [0.25, 0.3) is 0 Å². The van der Waals surface area contributed by atoms with Crippen LogP contribution in [0.5, 0.6) is 0 Å². The number of esters is 1. The van der Waals surface area contributed by atoms with Crippen molar-refractivity contribution < 1.29 is 9.53 Å². The average molecular weight is 361 g/mol. The van der Waals surface area contributed by atoms with Crippen LogP contribution >= 0.6 is 11.6 Å². The number of ether oxygens (including phenoxy) is 1. The van der Waals surface area contributed by atoms with E-state index in [2.05, 4.69) is 41.9 Å². The molecule has 0 bridgehead atoms. The van der Waals surface area contributed by atoms with Crippen molar-refractivity contribution in [3.8, 4) is 0 Å². The van der Waals surface area contributed by atoms with E-state index in [4.69, 9.17) is 16.3 Å². The van der Waals surface area contributed by atoms with Gasteiger partial charge in [0.2, 0.25) is 0 Å². The Morgan fingerprint density at radius 2 is 2.04 bits per heavy atom. The van der Waals surface area contributed by atoms with Gasteiger partial charge in [0, 0.05) is 17.5 Å². The Balaban J connectivity index is 1.71. The molecule has 25 heavy (non-hydrogen) atoms. The third-order valence-electron chi connectivity index (χ3n) is 5.14. The number of nitrogens with zero attached hydrogens (tertiary/aromatic N) is 2. The third kappa shape index (κ3) is 3.96. The number of benzene rings is 1. The van der Waals surface area contributed by atoms with Crippen LogP contribution in [0.25, 0.3) is 10.9 Å². The Morgan fingerprint density at radius 3 is 2.72 bits per heavy atom. The fraction of sp³-hybridized carbons (Fsp3) is 0.500. The summed E-state index contributed by atoms with van der Waals surface area (Å²) in [6, 6.07) is 6.38. The van der Waals surface area contributed by atoms with Crippen molar-refractivity contribution in [3.63, 3.8) is 0 Å². The summed E-state index contributed by atoms with van der Waals surface area (Å²) in [6.45, 7) is 9.01. The van der Waals surface area contributed by atoms with Crippen LogP contribution in [0.3, 0.4) is 0 Å². The van der Waals surface area contributed by atoms with Gasteiger partial charge in [0.05, 0.1) is 18.0 Å². The van der Waals surface area contributed by atoms with Gasteiger partial charge < -0.3 is 4.74 Å². The number of hydrogen-bond acceptors (Lipinski definition) is 4. The summed E-state index contributed by atoms with van der Waals surface area (Å²) < 4.78 is 5.13. The number of piperidine rings is 1. The van der Waals surface area contributed by atoms with Gasteiger partial charge >= 0.3 is 5.97 Å². The number of fused-ring (bicyclic) bond motifs is 1. The second kappa shape index (κ2) is 7.71. The average Bonchev–Trinajstić information content (AvgIpc) is 2.60. The standard InChI is InChI=1S/C20H25ClN2O2/c1-4-25-20(24)15-7-9-23(10-8-15)12-17-11-16-6-5-13(2)14(3)18(16)22-19(17)21/h5-6,11,15H,4,7-10,12H2,1-3H3. The molecule has 0 amide bonds. The van der Waals surface area contributed by atoms with E-state index in [-0.39, 0.29) is 11.9 Å². The third-order valence-corrected chi connectivity index (χ3v) is 5.47. The van der Waals surface area contributed by atoms with Crippen LogP contribution in [-0.2, 0) is 16.1 Å². The second-order valence-electron chi connectivity index (χ2n) is 6.82. The predicted molar refractivity (Wildman–Crippen MR) is 101 cm³/mol. The van der Waals surface area contributed by atoms with E-state index < -0.39 is 0 Å². The molecule has 1 fully saturated rings. The smallest absolute Gasteiger partial charge is 0.309 e. The zero-order valence-electron chi connectivity index (χ0n) is 15.1. The molecule has 0 radical (unpaired) electrons. The van der Waals surface area contributed by atoms with Gasteiger partial charge in [-0.2, -0.15) is 0 Å². The molecule has 1 aromatic carbocycles. The van der Waals surface area contributed by atoms with E-state index in [1.165, 1.54) is 11.1 Å². The molecule has 134 valence electrons. The highest BCUT2D eigenvalue weighted by molar-refractivity contribution is 6.30. The van der Waals surface area contributed by atoms with Crippen LogP contribution in [-0.4, -0.2) is 35.5 Å². The van der Waals surface area contributed by atoms with E-state index in [1.807, 2.05) is 6.92 Å². The van der Waals surface area contributed by atoms with Crippen molar-refractivity contribution in [2.24, 2.45) is 5.92 Å². The van der Waals surface area contributed by atoms with Gasteiger partial charge in [-0.1, -0.05) is 23.7 Å². The number of halogens is 1. The predicted octanol–water partition coefficient (Wildman–Crippen LogP) is 4.28. The minimum atomic E-state index is -0.0570. The molecular formula is C20H25ClN2O2. The van der Waals surface area contributed by atoms with Crippen molar-refractivity contribution in [2.75, 3.05) is 19.7 Å². The fourth-order valence-electron chi connectivity index (χ4n) is 3.44. The summed E-state index contributed by atoms with van der Waals surface area (Å²) in [5.41, 5.74) is 4.44. The first-order chi connectivity index (χ1) is 12.0. The molecule has 0 atom stereocenters. The lowest BCUT2D eigenvalue weighted by Gasteiger charge is -2.31. The molecule has 2 heterocycles. The molecule has 2 aromatic rings. The molecule has 0 aliphatic carbocycles. The Labute approximate surface area is 154 Å². The molecule has 5 heteroatoms. The summed E-state index contributed by atoms with van der Waals surface area (Å²) in [5, 5.41) is 1.71. The Hall–Kier alpha value is -1.65. The number of carbonyl (C=O) groups excluding carboxylic acids is 1. The van der Waals surface area contributed by atoms with E-state index in [9.17, 15) is 4.79 Å². The van der Waals surface area contributed by atoms with Crippen molar-refractivity contribution >= 4 is 28.5 Å². The van der Waals surface area contributed by atoms with Gasteiger partial charge in [0.1, 0.15) is 5.15 Å². The molecule has 0 spiro atoms. The zero-order chi connectivity index (χ0) is 18.0. The number of pyridine rings is 1. The zero-order valence-corrected chi connectivity index (χ0v) is 15.9. The van der Waals surface area contributed by atoms with E-state index in [0.29, 0.717) is 11.8 Å². The number of aryl methyl sites for hydroxylation is 2. The van der Waals surface area contributed by atoms with Gasteiger partial charge in [0.15, 0.2) is 0 Å². The van der Waals surface area contributed by atoms with Crippen molar-refractivity contribution in [2.45, 2.75) is 40.2 Å². The normalized spacial score (nSPS) is 16.3. The van der Waals surface area contributed by atoms with Crippen LogP contribution in [0, 0.1) is 19.8 Å². The van der Waals surface area contributed by atoms with Crippen LogP contribution in [0.4, 0.5) is 0 Å². The first-order valence-corrected chi connectivity index (χ1v) is 9.31. The SMILES string of the molecule is CCOC(=O)C1CCN(Cc2cc3ccc(C)c(C)c3nc2Cl)CC1. The number of carbonyl (C=O) groups is 1. The number of hydrogen-bond donors (Lipinski definition) is 0. The molecule has 1 aromatic heterocycles. The van der Waals surface area contributed by atoms with E-state index in [1.54, 1.807) is 0 Å². The van der Waals surface area contributed by atoms with Crippen LogP contribution in [0.1, 0.15) is 36.5 Å². The fourth-order valence-corrected chi connectivity index (χ4v) is 3.64. The minimum Gasteiger partial charge on any atom is -0.466 e. The van der Waals surface area contributed by atoms with Gasteiger partial charge in [-0.3, -0.25) is 9.69 Å². The van der Waals surface area contributed by atoms with Crippen LogP contribution < -0.4 is 0 Å². The first kappa shape index (κ1) is 18.2. The number of rotatable bonds is 4. The number of likely N-dealkylation sites (tertiary alicyclic amines) is 1. The molecule has 1 aliphatic heterocycles. The molecule has 0 unspecified atom stereocenters. The Bertz CT molecular complexity index is 783. The minimum absolute atomic E-state index is 0.0343. The lowest BCUT2D eigenvalue weighted by molar-refractivity contribution is -0.149. The van der Waals surface area contributed by atoms with Gasteiger partial charge in [-0.25, -0.2) is 4.98 Å². The van der Waals surface area contributed by atoms with Gasteiger partial charge in [-0.05, 0) is 63.9 Å². The summed E-state index contributed by atoms with van der Waals surface area (Å²) in [4.78, 5) is 18.8. The lowest BCUT2D eigenvalue weighted by atomic mass is 9.96. The topological polar surface area (TPSA) is 42.4 Å². The largest absolute Gasteiger partial charge is 0.466 e. The maximum Gasteiger partial charge on any atom is 0.309 e. The van der Waals surface area contributed by atoms with E-state index >= 15 is 0 Å².